The van der Waals surface area contributed by atoms with Crippen LogP contribution in [-0.4, -0.2) is 44.8 Å². The van der Waals surface area contributed by atoms with E-state index in [9.17, 15) is 9.70 Å². The molecule has 2 amide bonds. The molecule has 0 saturated carbocycles. The highest BCUT2D eigenvalue weighted by Gasteiger charge is 2.46. The molecular formula is C11H21N2O5S+. The minimum Gasteiger partial charge on any atom is -0.393 e. The fourth-order valence-corrected chi connectivity index (χ4v) is 2.19. The van der Waals surface area contributed by atoms with Crippen LogP contribution in [-0.2, 0) is 9.47 Å². The third-order valence-corrected chi connectivity index (χ3v) is 3.03. The van der Waals surface area contributed by atoms with Gasteiger partial charge in [-0.25, -0.2) is 5.32 Å². The standard InChI is InChI=1S/C11H20N2O5S/c1-10(2,3)19-13(16)9(15)12-8-7(6-14)17-11(4,5)18-8/h7-8,14H,6H2,1-5H3/p+1/t7-,8-/m1/s1. The molecule has 0 spiro atoms. The zero-order chi connectivity index (χ0) is 14.8. The number of hydrogen-bond donors (Lipinski definition) is 2. The Kier molecular flexibility index (Phi) is 4.94. The lowest BCUT2D eigenvalue weighted by atomic mass is 10.3. The maximum Gasteiger partial charge on any atom is 0.544 e. The van der Waals surface area contributed by atoms with Crippen LogP contribution in [0.4, 0.5) is 4.79 Å². The largest absolute Gasteiger partial charge is 0.544 e. The molecular weight excluding hydrogens is 272 g/mol. The predicted molar refractivity (Wildman–Crippen MR) is 70.4 cm³/mol. The summed E-state index contributed by atoms with van der Waals surface area (Å²) in [5.74, 6) is -0.907. The zero-order valence-corrected chi connectivity index (χ0v) is 12.6. The van der Waals surface area contributed by atoms with E-state index in [0.717, 1.165) is 11.9 Å². The first-order chi connectivity index (χ1) is 8.54. The molecule has 1 rings (SSSR count). The van der Waals surface area contributed by atoms with Gasteiger partial charge in [0, 0.05) is 0 Å². The summed E-state index contributed by atoms with van der Waals surface area (Å²) in [4.78, 5) is 23.3. The quantitative estimate of drug-likeness (QED) is 0.604. The molecule has 0 aromatic rings. The van der Waals surface area contributed by atoms with Crippen LogP contribution in [0.3, 0.4) is 0 Å². The Morgan fingerprint density at radius 1 is 1.42 bits per heavy atom. The molecule has 0 aromatic carbocycles. The van der Waals surface area contributed by atoms with Gasteiger partial charge < -0.3 is 14.6 Å². The second-order valence-electron chi connectivity index (χ2n) is 5.69. The average Bonchev–Trinajstić information content (AvgIpc) is 2.50. The van der Waals surface area contributed by atoms with Gasteiger partial charge in [0.15, 0.2) is 5.79 Å². The van der Waals surface area contributed by atoms with Crippen molar-refractivity contribution >= 4 is 18.0 Å². The summed E-state index contributed by atoms with van der Waals surface area (Å²) in [5, 5.41) is 11.6. The molecule has 0 unspecified atom stereocenters. The van der Waals surface area contributed by atoms with Gasteiger partial charge >= 0.3 is 6.03 Å². The molecule has 8 heteroatoms. The predicted octanol–water partition coefficient (Wildman–Crippen LogP) is 1.39. The molecule has 1 fully saturated rings. The van der Waals surface area contributed by atoms with Crippen LogP contribution < -0.4 is 5.32 Å². The summed E-state index contributed by atoms with van der Waals surface area (Å²) in [6.07, 6.45) is -1.53. The molecule has 0 aromatic heterocycles. The fraction of sp³-hybridized carbons (Fsp3) is 0.909. The summed E-state index contributed by atoms with van der Waals surface area (Å²) in [7, 11) is 0. The van der Waals surface area contributed by atoms with Crippen molar-refractivity contribution in [3.63, 3.8) is 0 Å². The van der Waals surface area contributed by atoms with E-state index in [2.05, 4.69) is 5.32 Å². The number of nitrogens with one attached hydrogen (secondary N) is 1. The Balaban J connectivity index is 2.59. The van der Waals surface area contributed by atoms with Crippen molar-refractivity contribution in [2.45, 2.75) is 57.5 Å². The van der Waals surface area contributed by atoms with Crippen molar-refractivity contribution < 1.29 is 23.5 Å². The van der Waals surface area contributed by atoms with Crippen molar-refractivity contribution in [3.8, 4) is 0 Å². The lowest BCUT2D eigenvalue weighted by Crippen LogP contribution is -2.45. The number of nitroso groups, excluding NO2 is 1. The van der Waals surface area contributed by atoms with E-state index in [-0.39, 0.29) is 15.5 Å². The number of nitrogens with zero attached hydrogens (tertiary/aromatic N) is 1. The summed E-state index contributed by atoms with van der Waals surface area (Å²) < 4.78 is 10.7. The zero-order valence-electron chi connectivity index (χ0n) is 11.8. The first-order valence-corrected chi connectivity index (χ1v) is 6.75. The Bertz CT molecular complexity index is 367. The number of aliphatic hydroxyl groups excluding tert-OH is 1. The summed E-state index contributed by atoms with van der Waals surface area (Å²) in [6.45, 7) is 8.50. The molecule has 1 heterocycles. The van der Waals surface area contributed by atoms with E-state index >= 15 is 0 Å². The Morgan fingerprint density at radius 2 is 2.00 bits per heavy atom. The second kappa shape index (κ2) is 5.74. The summed E-state index contributed by atoms with van der Waals surface area (Å²) >= 11 is 0.864. The van der Waals surface area contributed by atoms with Crippen LogP contribution >= 0.6 is 11.9 Å². The van der Waals surface area contributed by atoms with Gasteiger partial charge in [-0.15, -0.1) is 0 Å². The normalized spacial score (nSPS) is 26.2. The maximum absolute atomic E-state index is 11.7. The van der Waals surface area contributed by atoms with Gasteiger partial charge in [0.1, 0.15) is 18.1 Å². The highest BCUT2D eigenvalue weighted by atomic mass is 32.2. The van der Waals surface area contributed by atoms with Gasteiger partial charge in [0.25, 0.3) is 0 Å². The highest BCUT2D eigenvalue weighted by Crippen LogP contribution is 2.27. The van der Waals surface area contributed by atoms with E-state index in [1.165, 1.54) is 0 Å². The average molecular weight is 293 g/mol. The molecule has 1 aliphatic rings. The molecule has 0 bridgehead atoms. The summed E-state index contributed by atoms with van der Waals surface area (Å²) in [6, 6.07) is -0.829. The molecule has 0 aliphatic carbocycles. The maximum atomic E-state index is 11.7. The number of ether oxygens (including phenoxy) is 2. The summed E-state index contributed by atoms with van der Waals surface area (Å²) in [5.41, 5.74) is 0. The lowest BCUT2D eigenvalue weighted by molar-refractivity contribution is -0.266. The fourth-order valence-electron chi connectivity index (χ4n) is 1.56. The van der Waals surface area contributed by atoms with Crippen molar-refractivity contribution in [2.24, 2.45) is 0 Å². The Hall–Kier alpha value is -0.700. The number of aliphatic hydroxyl groups is 1. The third kappa shape index (κ3) is 5.06. The SMILES string of the molecule is CC1(C)O[C@@H](NC(=O)[N+](=O)SC(C)(C)C)[C@@H](CO)O1. The van der Waals surface area contributed by atoms with Gasteiger partial charge in [-0.2, -0.15) is 4.79 Å². The van der Waals surface area contributed by atoms with Crippen molar-refractivity contribution in [1.29, 1.82) is 0 Å². The molecule has 0 radical (unpaired) electrons. The van der Waals surface area contributed by atoms with Crippen LogP contribution in [0.15, 0.2) is 0 Å². The van der Waals surface area contributed by atoms with Crippen molar-refractivity contribution in [1.82, 2.24) is 5.32 Å². The van der Waals surface area contributed by atoms with E-state index in [4.69, 9.17) is 14.6 Å². The lowest BCUT2D eigenvalue weighted by Gasteiger charge is -2.15. The van der Waals surface area contributed by atoms with Crippen LogP contribution in [0.1, 0.15) is 34.6 Å². The first-order valence-electron chi connectivity index (χ1n) is 5.97. The monoisotopic (exact) mass is 293 g/mol. The molecule has 1 saturated heterocycles. The van der Waals surface area contributed by atoms with Crippen LogP contribution in [0, 0.1) is 4.91 Å². The number of carbonyl (C=O) groups excluding carboxylic acids is 1. The van der Waals surface area contributed by atoms with Crippen LogP contribution in [0.25, 0.3) is 0 Å². The number of amides is 2. The van der Waals surface area contributed by atoms with Crippen LogP contribution in [0.2, 0.25) is 0 Å². The molecule has 19 heavy (non-hydrogen) atoms. The van der Waals surface area contributed by atoms with Gasteiger partial charge in [-0.3, -0.25) is 0 Å². The molecule has 2 atom stereocenters. The van der Waals surface area contributed by atoms with Gasteiger partial charge in [0.05, 0.1) is 15.5 Å². The minimum atomic E-state index is -0.907. The third-order valence-electron chi connectivity index (χ3n) is 2.15. The number of carbonyl (C=O) groups is 1. The van der Waals surface area contributed by atoms with E-state index in [1.54, 1.807) is 13.8 Å². The van der Waals surface area contributed by atoms with E-state index in [1.807, 2.05) is 20.8 Å². The molecule has 110 valence electrons. The van der Waals surface area contributed by atoms with Gasteiger partial charge in [0.2, 0.25) is 6.23 Å². The topological polar surface area (TPSA) is 87.9 Å². The molecule has 2 N–H and O–H groups in total. The van der Waals surface area contributed by atoms with Crippen molar-refractivity contribution in [3.05, 3.63) is 4.91 Å². The van der Waals surface area contributed by atoms with E-state index in [0.29, 0.717) is 0 Å². The number of rotatable bonds is 3. The Labute approximate surface area is 116 Å². The Morgan fingerprint density at radius 3 is 2.47 bits per heavy atom. The second-order valence-corrected chi connectivity index (χ2v) is 7.43. The smallest absolute Gasteiger partial charge is 0.393 e. The van der Waals surface area contributed by atoms with Crippen molar-refractivity contribution in [2.75, 3.05) is 6.61 Å². The molecule has 7 nitrogen and oxygen atoms in total. The van der Waals surface area contributed by atoms with Crippen LogP contribution in [0.5, 0.6) is 0 Å². The number of urea groups is 1. The highest BCUT2D eigenvalue weighted by molar-refractivity contribution is 7.94. The number of hydrogen-bond acceptors (Lipinski definition) is 6. The minimum absolute atomic E-state index is 0.267. The van der Waals surface area contributed by atoms with Gasteiger partial charge in [-0.1, -0.05) is 0 Å². The van der Waals surface area contributed by atoms with Gasteiger partial charge in [-0.05, 0) is 39.5 Å². The van der Waals surface area contributed by atoms with E-state index < -0.39 is 24.2 Å². The molecule has 1 aliphatic heterocycles. The first kappa shape index (κ1) is 16.4.